The zero-order chi connectivity index (χ0) is 16.7. The molecule has 23 heavy (non-hydrogen) atoms. The summed E-state index contributed by atoms with van der Waals surface area (Å²) in [6.45, 7) is -0.0471. The minimum atomic E-state index is -0.613. The molecule has 2 heterocycles. The fourth-order valence-electron chi connectivity index (χ4n) is 2.46. The van der Waals surface area contributed by atoms with E-state index in [2.05, 4.69) is 9.97 Å². The van der Waals surface area contributed by atoms with Crippen LogP contribution in [0.4, 0.5) is 5.95 Å². The Bertz CT molecular complexity index is 840. The Labute approximate surface area is 141 Å². The second kappa shape index (κ2) is 5.68. The molecule has 0 saturated carbocycles. The van der Waals surface area contributed by atoms with Crippen LogP contribution in [-0.4, -0.2) is 33.2 Å². The highest BCUT2D eigenvalue weighted by molar-refractivity contribution is 6.36. The van der Waals surface area contributed by atoms with Crippen LogP contribution in [0.1, 0.15) is 16.1 Å². The van der Waals surface area contributed by atoms with Gasteiger partial charge in [-0.15, -0.1) is 0 Å². The first-order chi connectivity index (χ1) is 10.9. The number of benzene rings is 1. The number of hydrogen-bond donors (Lipinski definition) is 2. The van der Waals surface area contributed by atoms with Crippen LogP contribution in [0.3, 0.4) is 0 Å². The largest absolute Gasteiger partial charge is 0.368 e. The number of nitrogen functional groups attached to an aromatic ring is 1. The number of fused-ring (bicyclic) bond motifs is 1. The lowest BCUT2D eigenvalue weighted by Crippen LogP contribution is -2.34. The number of carbonyl (C=O) groups is 2. The quantitative estimate of drug-likeness (QED) is 0.868. The van der Waals surface area contributed by atoms with E-state index < -0.39 is 11.8 Å². The van der Waals surface area contributed by atoms with Crippen molar-refractivity contribution < 1.29 is 9.59 Å². The van der Waals surface area contributed by atoms with Crippen molar-refractivity contribution in [1.82, 2.24) is 14.9 Å². The average molecular weight is 352 g/mol. The van der Waals surface area contributed by atoms with Gasteiger partial charge in [0.15, 0.2) is 0 Å². The molecule has 0 saturated heterocycles. The van der Waals surface area contributed by atoms with E-state index in [0.29, 0.717) is 26.9 Å². The third kappa shape index (κ3) is 2.80. The number of aromatic nitrogens is 2. The van der Waals surface area contributed by atoms with Gasteiger partial charge in [0.05, 0.1) is 17.3 Å². The minimum Gasteiger partial charge on any atom is -0.368 e. The molecule has 0 unspecified atom stereocenters. The van der Waals surface area contributed by atoms with Crippen LogP contribution >= 0.6 is 23.2 Å². The van der Waals surface area contributed by atoms with Gasteiger partial charge in [0.25, 0.3) is 5.91 Å². The van der Waals surface area contributed by atoms with Crippen molar-refractivity contribution in [3.63, 3.8) is 0 Å². The molecule has 0 fully saturated rings. The van der Waals surface area contributed by atoms with Gasteiger partial charge in [0.2, 0.25) is 11.9 Å². The molecule has 9 heteroatoms. The van der Waals surface area contributed by atoms with Crippen LogP contribution < -0.4 is 11.5 Å². The molecule has 2 amide bonds. The van der Waals surface area contributed by atoms with Gasteiger partial charge in [-0.05, 0) is 18.2 Å². The number of anilines is 1. The zero-order valence-corrected chi connectivity index (χ0v) is 13.2. The van der Waals surface area contributed by atoms with Crippen molar-refractivity contribution in [3.8, 4) is 11.3 Å². The van der Waals surface area contributed by atoms with E-state index in [4.69, 9.17) is 34.7 Å². The van der Waals surface area contributed by atoms with Crippen LogP contribution in [-0.2, 0) is 11.3 Å². The number of amides is 2. The Kier molecular flexibility index (Phi) is 3.83. The Balaban J connectivity index is 2.14. The molecule has 0 spiro atoms. The van der Waals surface area contributed by atoms with Gasteiger partial charge in [0.1, 0.15) is 12.2 Å². The highest BCUT2D eigenvalue weighted by Gasteiger charge is 2.33. The predicted octanol–water partition coefficient (Wildman–Crippen LogP) is 1.47. The van der Waals surface area contributed by atoms with Gasteiger partial charge in [-0.3, -0.25) is 9.59 Å². The van der Waals surface area contributed by atoms with Gasteiger partial charge in [-0.25, -0.2) is 9.97 Å². The second-order valence-corrected chi connectivity index (χ2v) is 5.85. The minimum absolute atomic E-state index is 0.0564. The lowest BCUT2D eigenvalue weighted by Gasteiger charge is -2.12. The first-order valence-electron chi connectivity index (χ1n) is 6.56. The molecule has 0 radical (unpaired) electrons. The summed E-state index contributed by atoms with van der Waals surface area (Å²) in [7, 11) is 0. The lowest BCUT2D eigenvalue weighted by molar-refractivity contribution is -0.118. The predicted molar refractivity (Wildman–Crippen MR) is 85.8 cm³/mol. The second-order valence-electron chi connectivity index (χ2n) is 5.01. The van der Waals surface area contributed by atoms with Crippen molar-refractivity contribution in [3.05, 3.63) is 39.5 Å². The number of halogens is 2. The number of primary amides is 1. The molecule has 118 valence electrons. The summed E-state index contributed by atoms with van der Waals surface area (Å²) in [6, 6.07) is 4.92. The Morgan fingerprint density at radius 1 is 1.26 bits per heavy atom. The topological polar surface area (TPSA) is 115 Å². The highest BCUT2D eigenvalue weighted by atomic mass is 35.5. The summed E-state index contributed by atoms with van der Waals surface area (Å²) < 4.78 is 0. The summed E-state index contributed by atoms with van der Waals surface area (Å²) in [5.74, 6) is -1.09. The molecule has 7 nitrogen and oxygen atoms in total. The van der Waals surface area contributed by atoms with E-state index >= 15 is 0 Å². The van der Waals surface area contributed by atoms with E-state index in [-0.39, 0.29) is 24.7 Å². The highest BCUT2D eigenvalue weighted by Crippen LogP contribution is 2.35. The monoisotopic (exact) mass is 351 g/mol. The van der Waals surface area contributed by atoms with Gasteiger partial charge in [0, 0.05) is 16.1 Å². The molecule has 0 atom stereocenters. The lowest BCUT2D eigenvalue weighted by atomic mass is 10.1. The standard InChI is InChI=1S/C14H11Cl2N5O2/c15-6-1-2-7(9(16)3-6)11-8-4-21(5-10(17)22)13(23)12(8)20-14(18)19-11/h1-3H,4-5H2,(H2,17,22)(H2,18,19,20). The van der Waals surface area contributed by atoms with E-state index in [0.717, 1.165) is 0 Å². The third-order valence-corrected chi connectivity index (χ3v) is 3.94. The fraction of sp³-hybridized carbons (Fsp3) is 0.143. The number of carbonyl (C=O) groups excluding carboxylic acids is 2. The smallest absolute Gasteiger partial charge is 0.273 e. The number of nitrogens with two attached hydrogens (primary N) is 2. The van der Waals surface area contributed by atoms with Crippen LogP contribution in [0.25, 0.3) is 11.3 Å². The maximum atomic E-state index is 12.3. The zero-order valence-electron chi connectivity index (χ0n) is 11.7. The summed E-state index contributed by atoms with van der Waals surface area (Å²) in [4.78, 5) is 32.9. The summed E-state index contributed by atoms with van der Waals surface area (Å²) in [6.07, 6.45) is 0. The van der Waals surface area contributed by atoms with E-state index in [1.54, 1.807) is 18.2 Å². The van der Waals surface area contributed by atoms with Crippen LogP contribution in [0.15, 0.2) is 18.2 Å². The molecule has 0 bridgehead atoms. The number of nitrogens with zero attached hydrogens (tertiary/aromatic N) is 3. The van der Waals surface area contributed by atoms with Crippen LogP contribution in [0.2, 0.25) is 10.0 Å². The van der Waals surface area contributed by atoms with Gasteiger partial charge < -0.3 is 16.4 Å². The van der Waals surface area contributed by atoms with E-state index in [1.807, 2.05) is 0 Å². The third-order valence-electron chi connectivity index (χ3n) is 3.40. The molecule has 1 aromatic carbocycles. The number of hydrogen-bond acceptors (Lipinski definition) is 5. The Morgan fingerprint density at radius 3 is 2.61 bits per heavy atom. The van der Waals surface area contributed by atoms with Gasteiger partial charge in [-0.1, -0.05) is 23.2 Å². The van der Waals surface area contributed by atoms with Crippen molar-refractivity contribution >= 4 is 41.0 Å². The summed E-state index contributed by atoms with van der Waals surface area (Å²) in [5.41, 5.74) is 12.6. The molecule has 2 aromatic rings. The molecule has 0 aliphatic carbocycles. The van der Waals surface area contributed by atoms with Crippen LogP contribution in [0, 0.1) is 0 Å². The van der Waals surface area contributed by atoms with Crippen molar-refractivity contribution in [2.75, 3.05) is 12.3 Å². The molecular weight excluding hydrogens is 341 g/mol. The Morgan fingerprint density at radius 2 is 1.96 bits per heavy atom. The van der Waals surface area contributed by atoms with Gasteiger partial charge >= 0.3 is 0 Å². The molecule has 3 rings (SSSR count). The van der Waals surface area contributed by atoms with Crippen molar-refractivity contribution in [1.29, 1.82) is 0 Å². The molecular formula is C14H11Cl2N5O2. The molecule has 1 aromatic heterocycles. The normalized spacial score (nSPS) is 13.3. The molecule has 1 aliphatic rings. The first-order valence-corrected chi connectivity index (χ1v) is 7.32. The van der Waals surface area contributed by atoms with Crippen LogP contribution in [0.5, 0.6) is 0 Å². The molecule has 4 N–H and O–H groups in total. The SMILES string of the molecule is NC(=O)CN1Cc2c(nc(N)nc2-c2ccc(Cl)cc2Cl)C1=O. The average Bonchev–Trinajstić information content (AvgIpc) is 2.75. The van der Waals surface area contributed by atoms with E-state index in [9.17, 15) is 9.59 Å². The first kappa shape index (κ1) is 15.5. The molecule has 1 aliphatic heterocycles. The van der Waals surface area contributed by atoms with Crippen molar-refractivity contribution in [2.24, 2.45) is 5.73 Å². The fourth-order valence-corrected chi connectivity index (χ4v) is 2.96. The maximum absolute atomic E-state index is 12.3. The maximum Gasteiger partial charge on any atom is 0.273 e. The Hall–Kier alpha value is -2.38. The summed E-state index contributed by atoms with van der Waals surface area (Å²) in [5, 5.41) is 0.849. The van der Waals surface area contributed by atoms with Gasteiger partial charge in [-0.2, -0.15) is 0 Å². The van der Waals surface area contributed by atoms with E-state index in [1.165, 1.54) is 4.90 Å². The summed E-state index contributed by atoms with van der Waals surface area (Å²) >= 11 is 12.1. The number of rotatable bonds is 3. The van der Waals surface area contributed by atoms with Crippen molar-refractivity contribution in [2.45, 2.75) is 6.54 Å².